The zero-order valence-electron chi connectivity index (χ0n) is 13.9. The number of carbonyl (C=O) groups is 1. The molecule has 0 aliphatic heterocycles. The van der Waals surface area contributed by atoms with Crippen molar-refractivity contribution in [3.63, 3.8) is 0 Å². The molecule has 2 rings (SSSR count). The molecule has 0 fully saturated rings. The molecule has 1 unspecified atom stereocenters. The largest absolute Gasteiger partial charge is 0.497 e. The van der Waals surface area contributed by atoms with Gasteiger partial charge in [0.05, 0.1) is 24.2 Å². The summed E-state index contributed by atoms with van der Waals surface area (Å²) in [6.45, 7) is 2.56. The number of carbonyl (C=O) groups excluding carboxylic acids is 1. The maximum absolute atomic E-state index is 12.4. The number of benzene rings is 2. The van der Waals surface area contributed by atoms with Crippen molar-refractivity contribution >= 4 is 34.8 Å². The SMILES string of the molecule is COc1cccc(NC(=O)[C@@H](C)[NH+](C)Cc2ccc(Cl)c(Cl)c2)c1. The standard InChI is InChI=1S/C18H20Cl2N2O2/c1-12(18(23)21-14-5-4-6-15(10-14)24-3)22(2)11-13-7-8-16(19)17(20)9-13/h4-10,12H,11H2,1-3H3,(H,21,23)/p+1/t12-/m1/s1. The fourth-order valence-electron chi connectivity index (χ4n) is 2.30. The molecule has 0 heterocycles. The Bertz CT molecular complexity index is 722. The number of halogens is 2. The van der Waals surface area contributed by atoms with Gasteiger partial charge in [0.1, 0.15) is 12.3 Å². The summed E-state index contributed by atoms with van der Waals surface area (Å²) in [5, 5.41) is 3.97. The number of methoxy groups -OCH3 is 1. The van der Waals surface area contributed by atoms with Crippen molar-refractivity contribution in [2.24, 2.45) is 0 Å². The highest BCUT2D eigenvalue weighted by Crippen LogP contribution is 2.22. The molecule has 0 aromatic heterocycles. The van der Waals surface area contributed by atoms with Gasteiger partial charge in [0.25, 0.3) is 5.91 Å². The Morgan fingerprint density at radius 1 is 1.21 bits per heavy atom. The molecule has 6 heteroatoms. The van der Waals surface area contributed by atoms with Gasteiger partial charge in [-0.2, -0.15) is 0 Å². The van der Waals surface area contributed by atoms with Gasteiger partial charge in [-0.15, -0.1) is 0 Å². The van der Waals surface area contributed by atoms with Crippen molar-refractivity contribution in [2.45, 2.75) is 19.5 Å². The van der Waals surface area contributed by atoms with E-state index in [1.54, 1.807) is 19.2 Å². The molecule has 0 radical (unpaired) electrons. The number of hydrogen-bond donors (Lipinski definition) is 2. The van der Waals surface area contributed by atoms with Crippen LogP contribution in [0.25, 0.3) is 0 Å². The molecule has 1 amide bonds. The summed E-state index contributed by atoms with van der Waals surface area (Å²) in [4.78, 5) is 13.5. The van der Waals surface area contributed by atoms with Crippen molar-refractivity contribution in [3.8, 4) is 5.75 Å². The van der Waals surface area contributed by atoms with Gasteiger partial charge in [0.2, 0.25) is 0 Å². The molecule has 0 saturated carbocycles. The van der Waals surface area contributed by atoms with Crippen LogP contribution in [0.1, 0.15) is 12.5 Å². The second-order valence-corrected chi connectivity index (χ2v) is 6.53. The van der Waals surface area contributed by atoms with E-state index in [9.17, 15) is 4.79 Å². The maximum atomic E-state index is 12.4. The van der Waals surface area contributed by atoms with Gasteiger partial charge in [-0.1, -0.05) is 35.3 Å². The Hall–Kier alpha value is -1.75. The molecule has 0 aliphatic carbocycles. The topological polar surface area (TPSA) is 42.8 Å². The monoisotopic (exact) mass is 367 g/mol. The van der Waals surface area contributed by atoms with Gasteiger partial charge in [-0.3, -0.25) is 4.79 Å². The van der Waals surface area contributed by atoms with Crippen molar-refractivity contribution in [1.29, 1.82) is 0 Å². The first-order chi connectivity index (χ1) is 11.4. The first kappa shape index (κ1) is 18.6. The van der Waals surface area contributed by atoms with Crippen LogP contribution in [0.4, 0.5) is 5.69 Å². The summed E-state index contributed by atoms with van der Waals surface area (Å²) in [7, 11) is 3.57. The lowest BCUT2D eigenvalue weighted by atomic mass is 10.2. The lowest BCUT2D eigenvalue weighted by Gasteiger charge is -2.21. The molecule has 4 nitrogen and oxygen atoms in total. The van der Waals surface area contributed by atoms with Crippen LogP contribution in [0.15, 0.2) is 42.5 Å². The van der Waals surface area contributed by atoms with E-state index >= 15 is 0 Å². The summed E-state index contributed by atoms with van der Waals surface area (Å²) < 4.78 is 5.16. The predicted octanol–water partition coefficient (Wildman–Crippen LogP) is 3.04. The van der Waals surface area contributed by atoms with Crippen LogP contribution in [-0.2, 0) is 11.3 Å². The predicted molar refractivity (Wildman–Crippen MR) is 98.1 cm³/mol. The molecule has 0 bridgehead atoms. The zero-order valence-corrected chi connectivity index (χ0v) is 15.4. The first-order valence-corrected chi connectivity index (χ1v) is 8.37. The second-order valence-electron chi connectivity index (χ2n) is 5.71. The van der Waals surface area contributed by atoms with E-state index in [-0.39, 0.29) is 11.9 Å². The summed E-state index contributed by atoms with van der Waals surface area (Å²) in [5.74, 6) is 0.651. The Kier molecular flexibility index (Phi) is 6.49. The minimum atomic E-state index is -0.231. The fraction of sp³-hybridized carbons (Fsp3) is 0.278. The maximum Gasteiger partial charge on any atom is 0.282 e. The van der Waals surface area contributed by atoms with Crippen LogP contribution in [0.3, 0.4) is 0 Å². The van der Waals surface area contributed by atoms with E-state index in [0.29, 0.717) is 28.0 Å². The number of nitrogens with one attached hydrogen (secondary N) is 2. The molecular formula is C18H21Cl2N2O2+. The smallest absolute Gasteiger partial charge is 0.282 e. The molecule has 0 spiro atoms. The van der Waals surface area contributed by atoms with Gasteiger partial charge in [-0.05, 0) is 31.2 Å². The van der Waals surface area contributed by atoms with E-state index in [1.165, 1.54) is 0 Å². The number of anilines is 1. The van der Waals surface area contributed by atoms with Crippen molar-refractivity contribution in [3.05, 3.63) is 58.1 Å². The molecule has 24 heavy (non-hydrogen) atoms. The Morgan fingerprint density at radius 2 is 1.96 bits per heavy atom. The molecule has 2 atom stereocenters. The van der Waals surface area contributed by atoms with Crippen LogP contribution in [0.2, 0.25) is 10.0 Å². The van der Waals surface area contributed by atoms with Crippen LogP contribution in [0.5, 0.6) is 5.75 Å². The highest BCUT2D eigenvalue weighted by molar-refractivity contribution is 6.42. The number of amides is 1. The molecule has 0 aliphatic rings. The lowest BCUT2D eigenvalue weighted by Crippen LogP contribution is -3.12. The van der Waals surface area contributed by atoms with Gasteiger partial charge in [0.15, 0.2) is 6.04 Å². The Labute approximate surface area is 152 Å². The zero-order chi connectivity index (χ0) is 17.7. The van der Waals surface area contributed by atoms with Crippen LogP contribution in [0, 0.1) is 0 Å². The fourth-order valence-corrected chi connectivity index (χ4v) is 2.62. The molecular weight excluding hydrogens is 347 g/mol. The minimum absolute atomic E-state index is 0.0548. The van der Waals surface area contributed by atoms with Gasteiger partial charge >= 0.3 is 0 Å². The molecule has 2 aromatic rings. The summed E-state index contributed by atoms with van der Waals surface area (Å²) in [5.41, 5.74) is 1.75. The lowest BCUT2D eigenvalue weighted by molar-refractivity contribution is -0.907. The third-order valence-electron chi connectivity index (χ3n) is 3.94. The third-order valence-corrected chi connectivity index (χ3v) is 4.68. The van der Waals surface area contributed by atoms with Gasteiger partial charge < -0.3 is 15.0 Å². The number of likely N-dealkylation sites (N-methyl/N-ethyl adjacent to an activating group) is 1. The minimum Gasteiger partial charge on any atom is -0.497 e. The summed E-state index contributed by atoms with van der Waals surface area (Å²) in [6.07, 6.45) is 0. The highest BCUT2D eigenvalue weighted by atomic mass is 35.5. The quantitative estimate of drug-likeness (QED) is 0.823. The van der Waals surface area contributed by atoms with Gasteiger partial charge in [0, 0.05) is 17.3 Å². The number of quaternary nitrogens is 1. The summed E-state index contributed by atoms with van der Waals surface area (Å²) >= 11 is 12.0. The van der Waals surface area contributed by atoms with Crippen LogP contribution in [-0.4, -0.2) is 26.1 Å². The van der Waals surface area contributed by atoms with E-state index < -0.39 is 0 Å². The van der Waals surface area contributed by atoms with Crippen LogP contribution >= 0.6 is 23.2 Å². The normalized spacial score (nSPS) is 13.2. The molecule has 0 saturated heterocycles. The number of rotatable bonds is 6. The molecule has 2 N–H and O–H groups in total. The van der Waals surface area contributed by atoms with Crippen LogP contribution < -0.4 is 15.0 Å². The first-order valence-electron chi connectivity index (χ1n) is 7.62. The van der Waals surface area contributed by atoms with E-state index in [0.717, 1.165) is 10.5 Å². The Morgan fingerprint density at radius 3 is 2.62 bits per heavy atom. The van der Waals surface area contributed by atoms with E-state index in [4.69, 9.17) is 27.9 Å². The summed E-state index contributed by atoms with van der Waals surface area (Å²) in [6, 6.07) is 12.6. The molecule has 128 valence electrons. The second kappa shape index (κ2) is 8.38. The van der Waals surface area contributed by atoms with Crippen molar-refractivity contribution in [1.82, 2.24) is 0 Å². The van der Waals surface area contributed by atoms with E-state index in [1.807, 2.05) is 44.3 Å². The van der Waals surface area contributed by atoms with Gasteiger partial charge in [-0.25, -0.2) is 0 Å². The average molecular weight is 368 g/mol. The average Bonchev–Trinajstić information content (AvgIpc) is 2.57. The highest BCUT2D eigenvalue weighted by Gasteiger charge is 2.22. The molecule has 2 aromatic carbocycles. The Balaban J connectivity index is 1.99. The van der Waals surface area contributed by atoms with E-state index in [2.05, 4.69) is 5.32 Å². The number of hydrogen-bond acceptors (Lipinski definition) is 2. The van der Waals surface area contributed by atoms with Crippen molar-refractivity contribution in [2.75, 3.05) is 19.5 Å². The third kappa shape index (κ3) is 4.87. The van der Waals surface area contributed by atoms with Crippen molar-refractivity contribution < 1.29 is 14.4 Å². The number of ether oxygens (including phenoxy) is 1.